The van der Waals surface area contributed by atoms with Gasteiger partial charge in [0.1, 0.15) is 18.1 Å². The second-order valence-corrected chi connectivity index (χ2v) is 6.14. The number of rotatable bonds is 6. The van der Waals surface area contributed by atoms with Crippen molar-refractivity contribution in [1.82, 2.24) is 5.43 Å². The topological polar surface area (TPSA) is 70.9 Å². The average molecular weight is 381 g/mol. The first kappa shape index (κ1) is 18.5. The molecule has 0 unspecified atom stereocenters. The zero-order valence-corrected chi connectivity index (χ0v) is 15.1. The summed E-state index contributed by atoms with van der Waals surface area (Å²) in [6, 6.07) is 21.1. The van der Waals surface area contributed by atoms with Crippen LogP contribution in [0.3, 0.4) is 0 Å². The molecule has 0 saturated heterocycles. The first-order valence-electron chi connectivity index (χ1n) is 8.20. The molecule has 2 N–H and O–H groups in total. The van der Waals surface area contributed by atoms with Crippen LogP contribution in [0.1, 0.15) is 21.5 Å². The Kier molecular flexibility index (Phi) is 6.07. The van der Waals surface area contributed by atoms with Crippen molar-refractivity contribution in [2.75, 3.05) is 0 Å². The van der Waals surface area contributed by atoms with Gasteiger partial charge in [-0.3, -0.25) is 4.79 Å². The van der Waals surface area contributed by atoms with Crippen molar-refractivity contribution in [3.63, 3.8) is 0 Å². The summed E-state index contributed by atoms with van der Waals surface area (Å²) >= 11 is 5.95. The maximum atomic E-state index is 11.9. The van der Waals surface area contributed by atoms with E-state index in [0.717, 1.165) is 11.1 Å². The van der Waals surface area contributed by atoms with Crippen molar-refractivity contribution >= 4 is 23.7 Å². The van der Waals surface area contributed by atoms with Crippen LogP contribution in [0.25, 0.3) is 0 Å². The second-order valence-electron chi connectivity index (χ2n) is 5.70. The third-order valence-electron chi connectivity index (χ3n) is 3.70. The maximum Gasteiger partial charge on any atom is 0.275 e. The number of ether oxygens (including phenoxy) is 1. The number of nitrogens with zero attached hydrogens (tertiary/aromatic N) is 1. The van der Waals surface area contributed by atoms with Crippen LogP contribution in [0.2, 0.25) is 5.02 Å². The summed E-state index contributed by atoms with van der Waals surface area (Å²) in [5.74, 6) is 0.141. The molecule has 0 atom stereocenters. The Bertz CT molecular complexity index is 956. The van der Waals surface area contributed by atoms with Crippen LogP contribution in [-0.4, -0.2) is 17.2 Å². The molecule has 0 heterocycles. The Hall–Kier alpha value is -3.31. The predicted octanol–water partition coefficient (Wildman–Crippen LogP) is 4.39. The van der Waals surface area contributed by atoms with E-state index in [4.69, 9.17) is 16.3 Å². The molecule has 0 bridgehead atoms. The molecule has 3 rings (SSSR count). The van der Waals surface area contributed by atoms with Crippen molar-refractivity contribution in [1.29, 1.82) is 0 Å². The molecule has 3 aromatic rings. The SMILES string of the molecule is O=C(N/N=C\c1ccc(OCc2cccc(Cl)c2)cc1)c1ccccc1O. The van der Waals surface area contributed by atoms with Gasteiger partial charge in [0.2, 0.25) is 0 Å². The number of aromatic hydroxyl groups is 1. The van der Waals surface area contributed by atoms with E-state index in [9.17, 15) is 9.90 Å². The Labute approximate surface area is 161 Å². The summed E-state index contributed by atoms with van der Waals surface area (Å²) < 4.78 is 5.72. The normalized spacial score (nSPS) is 10.7. The number of hydrogen-bond acceptors (Lipinski definition) is 4. The Morgan fingerprint density at radius 2 is 1.85 bits per heavy atom. The standard InChI is InChI=1S/C21H17ClN2O3/c22-17-5-3-4-16(12-17)14-27-18-10-8-15(9-11-18)13-23-24-21(26)19-6-1-2-7-20(19)25/h1-13,25H,14H2,(H,24,26)/b23-13-. The highest BCUT2D eigenvalue weighted by molar-refractivity contribution is 6.30. The highest BCUT2D eigenvalue weighted by Gasteiger charge is 2.08. The van der Waals surface area contributed by atoms with Gasteiger partial charge in [-0.15, -0.1) is 0 Å². The number of amides is 1. The number of hydrogen-bond donors (Lipinski definition) is 2. The summed E-state index contributed by atoms with van der Waals surface area (Å²) in [4.78, 5) is 11.9. The van der Waals surface area contributed by atoms with E-state index in [-0.39, 0.29) is 11.3 Å². The fourth-order valence-corrected chi connectivity index (χ4v) is 2.55. The second kappa shape index (κ2) is 8.87. The summed E-state index contributed by atoms with van der Waals surface area (Å²) in [7, 11) is 0. The number of carbonyl (C=O) groups is 1. The number of phenols is 1. The molecule has 3 aromatic carbocycles. The van der Waals surface area contributed by atoms with Crippen molar-refractivity contribution < 1.29 is 14.6 Å². The number of benzene rings is 3. The number of nitrogens with one attached hydrogen (secondary N) is 1. The van der Waals surface area contributed by atoms with Crippen molar-refractivity contribution in [3.05, 3.63) is 94.5 Å². The molecule has 0 spiro atoms. The smallest absolute Gasteiger partial charge is 0.275 e. The zero-order valence-electron chi connectivity index (χ0n) is 14.3. The molecule has 0 aliphatic carbocycles. The minimum absolute atomic E-state index is 0.0913. The summed E-state index contributed by atoms with van der Waals surface area (Å²) in [6.07, 6.45) is 1.51. The molecule has 0 aliphatic rings. The van der Waals surface area contributed by atoms with E-state index < -0.39 is 5.91 Å². The van der Waals surface area contributed by atoms with Crippen LogP contribution < -0.4 is 10.2 Å². The van der Waals surface area contributed by atoms with E-state index in [1.807, 2.05) is 48.5 Å². The molecule has 1 amide bonds. The Morgan fingerprint density at radius 1 is 1.07 bits per heavy atom. The van der Waals surface area contributed by atoms with Crippen LogP contribution in [-0.2, 0) is 6.61 Å². The first-order valence-corrected chi connectivity index (χ1v) is 8.58. The molecular weight excluding hydrogens is 364 g/mol. The third kappa shape index (κ3) is 5.33. The zero-order chi connectivity index (χ0) is 19.1. The lowest BCUT2D eigenvalue weighted by Gasteiger charge is -2.07. The van der Waals surface area contributed by atoms with Gasteiger partial charge in [-0.05, 0) is 59.7 Å². The first-order chi connectivity index (χ1) is 13.1. The minimum Gasteiger partial charge on any atom is -0.507 e. The largest absolute Gasteiger partial charge is 0.507 e. The molecule has 136 valence electrons. The molecule has 5 nitrogen and oxygen atoms in total. The van der Waals surface area contributed by atoms with E-state index in [1.165, 1.54) is 18.3 Å². The molecular formula is C21H17ClN2O3. The molecule has 6 heteroatoms. The molecule has 0 aliphatic heterocycles. The highest BCUT2D eigenvalue weighted by atomic mass is 35.5. The van der Waals surface area contributed by atoms with Crippen LogP contribution in [0.5, 0.6) is 11.5 Å². The number of para-hydroxylation sites is 1. The fraction of sp³-hybridized carbons (Fsp3) is 0.0476. The van der Waals surface area contributed by atoms with Crippen LogP contribution in [0.4, 0.5) is 0 Å². The molecule has 0 saturated carbocycles. The fourth-order valence-electron chi connectivity index (χ4n) is 2.33. The lowest BCUT2D eigenvalue weighted by molar-refractivity contribution is 0.0952. The van der Waals surface area contributed by atoms with Gasteiger partial charge in [-0.2, -0.15) is 5.10 Å². The number of halogens is 1. The lowest BCUT2D eigenvalue weighted by atomic mass is 10.2. The molecule has 0 radical (unpaired) electrons. The van der Waals surface area contributed by atoms with E-state index in [2.05, 4.69) is 10.5 Å². The minimum atomic E-state index is -0.481. The molecule has 0 aromatic heterocycles. The highest BCUT2D eigenvalue weighted by Crippen LogP contribution is 2.16. The van der Waals surface area contributed by atoms with Gasteiger partial charge in [-0.1, -0.05) is 35.9 Å². The van der Waals surface area contributed by atoms with Crippen molar-refractivity contribution in [2.24, 2.45) is 5.10 Å². The van der Waals surface area contributed by atoms with Gasteiger partial charge < -0.3 is 9.84 Å². The monoisotopic (exact) mass is 380 g/mol. The average Bonchev–Trinajstić information content (AvgIpc) is 2.68. The van der Waals surface area contributed by atoms with E-state index >= 15 is 0 Å². The Morgan fingerprint density at radius 3 is 2.59 bits per heavy atom. The van der Waals surface area contributed by atoms with Crippen LogP contribution >= 0.6 is 11.6 Å². The lowest BCUT2D eigenvalue weighted by Crippen LogP contribution is -2.17. The Balaban J connectivity index is 1.53. The quantitative estimate of drug-likeness (QED) is 0.492. The van der Waals surface area contributed by atoms with Gasteiger partial charge in [0.05, 0.1) is 11.8 Å². The maximum absolute atomic E-state index is 11.9. The van der Waals surface area contributed by atoms with E-state index in [1.54, 1.807) is 12.1 Å². The summed E-state index contributed by atoms with van der Waals surface area (Å²) in [5.41, 5.74) is 4.33. The third-order valence-corrected chi connectivity index (χ3v) is 3.94. The van der Waals surface area contributed by atoms with Crippen LogP contribution in [0, 0.1) is 0 Å². The molecule has 27 heavy (non-hydrogen) atoms. The van der Waals surface area contributed by atoms with E-state index in [0.29, 0.717) is 17.4 Å². The molecule has 0 fully saturated rings. The number of hydrazone groups is 1. The van der Waals surface area contributed by atoms with Crippen LogP contribution in [0.15, 0.2) is 77.9 Å². The van der Waals surface area contributed by atoms with Gasteiger partial charge in [-0.25, -0.2) is 5.43 Å². The summed E-state index contributed by atoms with van der Waals surface area (Å²) in [5, 5.41) is 14.2. The van der Waals surface area contributed by atoms with Gasteiger partial charge >= 0.3 is 0 Å². The summed E-state index contributed by atoms with van der Waals surface area (Å²) in [6.45, 7) is 0.421. The number of carbonyl (C=O) groups excluding carboxylic acids is 1. The number of phenolic OH excluding ortho intramolecular Hbond substituents is 1. The van der Waals surface area contributed by atoms with Crippen molar-refractivity contribution in [2.45, 2.75) is 6.61 Å². The van der Waals surface area contributed by atoms with Gasteiger partial charge in [0, 0.05) is 5.02 Å². The van der Waals surface area contributed by atoms with Crippen molar-refractivity contribution in [3.8, 4) is 11.5 Å². The van der Waals surface area contributed by atoms with Gasteiger partial charge in [0.15, 0.2) is 0 Å². The van der Waals surface area contributed by atoms with Gasteiger partial charge in [0.25, 0.3) is 5.91 Å². The predicted molar refractivity (Wildman–Crippen MR) is 105 cm³/mol.